The molecule has 0 bridgehead atoms. The molecule has 0 radical (unpaired) electrons. The highest BCUT2D eigenvalue weighted by molar-refractivity contribution is 7.92. The van der Waals surface area contributed by atoms with Gasteiger partial charge in [0.1, 0.15) is 6.54 Å². The van der Waals surface area contributed by atoms with Crippen LogP contribution in [0.2, 0.25) is 0 Å². The summed E-state index contributed by atoms with van der Waals surface area (Å²) < 4.78 is 41.1. The van der Waals surface area contributed by atoms with Crippen molar-refractivity contribution in [3.05, 3.63) is 65.1 Å². The lowest BCUT2D eigenvalue weighted by Gasteiger charge is -2.08. The van der Waals surface area contributed by atoms with Gasteiger partial charge in [0.25, 0.3) is 5.91 Å². The molecule has 1 amide bonds. The summed E-state index contributed by atoms with van der Waals surface area (Å²) in [6.07, 6.45) is 1.40. The van der Waals surface area contributed by atoms with E-state index >= 15 is 0 Å². The second kappa shape index (κ2) is 9.90. The van der Waals surface area contributed by atoms with Crippen molar-refractivity contribution in [3.8, 4) is 11.5 Å². The number of nitrogens with one attached hydrogen (secondary N) is 2. The van der Waals surface area contributed by atoms with Gasteiger partial charge in [-0.3, -0.25) is 9.59 Å². The molecule has 0 atom stereocenters. The average molecular weight is 432 g/mol. The second-order valence-corrected chi connectivity index (χ2v) is 7.86. The minimum absolute atomic E-state index is 0.160. The zero-order valence-corrected chi connectivity index (χ0v) is 16.7. The lowest BCUT2D eigenvalue weighted by atomic mass is 10.2. The summed E-state index contributed by atoms with van der Waals surface area (Å²) in [5.41, 5.74) is 1.49. The Morgan fingerprint density at radius 2 is 1.83 bits per heavy atom. The number of rotatable bonds is 9. The molecule has 2 N–H and O–H groups in total. The number of sulfonamides is 1. The number of hydrogen-bond donors (Lipinski definition) is 2. The molecule has 0 saturated carbocycles. The first-order valence-corrected chi connectivity index (χ1v) is 10.5. The number of esters is 1. The second-order valence-electron chi connectivity index (χ2n) is 6.20. The number of hydrogen-bond acceptors (Lipinski definition) is 7. The van der Waals surface area contributed by atoms with Crippen LogP contribution in [0.3, 0.4) is 0 Å². The molecule has 2 aromatic rings. The summed E-state index contributed by atoms with van der Waals surface area (Å²) in [6, 6.07) is 14.1. The van der Waals surface area contributed by atoms with Gasteiger partial charge >= 0.3 is 5.97 Å². The Labute approximate surface area is 173 Å². The first-order chi connectivity index (χ1) is 14.4. The quantitative estimate of drug-likeness (QED) is 0.571. The van der Waals surface area contributed by atoms with E-state index in [0.29, 0.717) is 17.1 Å². The Hall–Kier alpha value is -3.37. The van der Waals surface area contributed by atoms with Crippen molar-refractivity contribution in [2.45, 2.75) is 6.54 Å². The van der Waals surface area contributed by atoms with Crippen LogP contribution >= 0.6 is 0 Å². The normalized spacial score (nSPS) is 12.7. The molecule has 0 unspecified atom stereocenters. The van der Waals surface area contributed by atoms with Crippen LogP contribution in [0, 0.1) is 0 Å². The fraction of sp³-hybridized carbons (Fsp3) is 0.200. The Bertz CT molecular complexity index is 1040. The van der Waals surface area contributed by atoms with E-state index in [2.05, 4.69) is 10.0 Å². The van der Waals surface area contributed by atoms with Crippen LogP contribution in [-0.4, -0.2) is 40.2 Å². The van der Waals surface area contributed by atoms with Gasteiger partial charge < -0.3 is 19.5 Å². The molecular weight excluding hydrogens is 412 g/mol. The zero-order chi connectivity index (χ0) is 21.4. The van der Waals surface area contributed by atoms with Crippen LogP contribution in [0.15, 0.2) is 53.9 Å². The zero-order valence-electron chi connectivity index (χ0n) is 15.9. The maximum Gasteiger partial charge on any atom is 0.321 e. The molecule has 158 valence electrons. The van der Waals surface area contributed by atoms with Crippen molar-refractivity contribution in [1.29, 1.82) is 0 Å². The van der Waals surface area contributed by atoms with Crippen LogP contribution in [0.1, 0.15) is 11.1 Å². The molecule has 0 aromatic heterocycles. The van der Waals surface area contributed by atoms with E-state index in [-0.39, 0.29) is 13.3 Å². The number of carbonyl (C=O) groups is 2. The minimum atomic E-state index is -3.82. The molecule has 1 heterocycles. The standard InChI is InChI=1S/C20H20N2O7S/c23-19(21-11-16-6-7-17-18(10-16)29-14-28-17)13-27-20(24)12-22-30(25,26)9-8-15-4-2-1-3-5-15/h1-10,22H,11-14H2,(H,21,23)/b9-8+. The third kappa shape index (κ3) is 6.61. The van der Waals surface area contributed by atoms with E-state index in [1.54, 1.807) is 42.5 Å². The van der Waals surface area contributed by atoms with Crippen LogP contribution in [-0.2, 0) is 30.9 Å². The number of carbonyl (C=O) groups excluding carboxylic acids is 2. The van der Waals surface area contributed by atoms with Crippen LogP contribution in [0.4, 0.5) is 0 Å². The van der Waals surface area contributed by atoms with Crippen molar-refractivity contribution in [2.75, 3.05) is 19.9 Å². The number of benzene rings is 2. The van der Waals surface area contributed by atoms with Gasteiger partial charge in [0, 0.05) is 12.0 Å². The van der Waals surface area contributed by atoms with E-state index in [1.165, 1.54) is 6.08 Å². The van der Waals surface area contributed by atoms with Crippen molar-refractivity contribution < 1.29 is 32.2 Å². The molecule has 9 nitrogen and oxygen atoms in total. The summed E-state index contributed by atoms with van der Waals surface area (Å²) in [7, 11) is -3.82. The number of amides is 1. The topological polar surface area (TPSA) is 120 Å². The molecule has 0 saturated heterocycles. The van der Waals surface area contributed by atoms with Gasteiger partial charge in [0.15, 0.2) is 18.1 Å². The van der Waals surface area contributed by atoms with Crippen LogP contribution in [0.5, 0.6) is 11.5 Å². The van der Waals surface area contributed by atoms with Gasteiger partial charge in [0.2, 0.25) is 16.8 Å². The molecule has 0 fully saturated rings. The van der Waals surface area contributed by atoms with Gasteiger partial charge in [-0.25, -0.2) is 13.1 Å². The highest BCUT2D eigenvalue weighted by Crippen LogP contribution is 2.32. The summed E-state index contributed by atoms with van der Waals surface area (Å²) in [5.74, 6) is -0.153. The fourth-order valence-electron chi connectivity index (χ4n) is 2.44. The predicted molar refractivity (Wildman–Crippen MR) is 108 cm³/mol. The molecule has 0 aliphatic carbocycles. The van der Waals surface area contributed by atoms with Gasteiger partial charge in [-0.15, -0.1) is 0 Å². The largest absolute Gasteiger partial charge is 0.455 e. The van der Waals surface area contributed by atoms with E-state index < -0.39 is 35.1 Å². The third-order valence-electron chi connectivity index (χ3n) is 3.95. The maximum atomic E-state index is 11.9. The molecule has 1 aliphatic rings. The summed E-state index contributed by atoms with van der Waals surface area (Å²) in [4.78, 5) is 23.5. The van der Waals surface area contributed by atoms with E-state index in [1.807, 2.05) is 6.07 Å². The van der Waals surface area contributed by atoms with E-state index in [4.69, 9.17) is 14.2 Å². The summed E-state index contributed by atoms with van der Waals surface area (Å²) in [5, 5.41) is 3.55. The van der Waals surface area contributed by atoms with Gasteiger partial charge in [-0.1, -0.05) is 36.4 Å². The highest BCUT2D eigenvalue weighted by Gasteiger charge is 2.14. The molecular formula is C20H20N2O7S. The first-order valence-electron chi connectivity index (χ1n) is 8.95. The van der Waals surface area contributed by atoms with Gasteiger partial charge in [0.05, 0.1) is 0 Å². The molecule has 10 heteroatoms. The SMILES string of the molecule is O=C(COC(=O)CNS(=O)(=O)/C=C/c1ccccc1)NCc1ccc2c(c1)OCO2. The summed E-state index contributed by atoms with van der Waals surface area (Å²) >= 11 is 0. The van der Waals surface area contributed by atoms with Gasteiger partial charge in [-0.2, -0.15) is 0 Å². The van der Waals surface area contributed by atoms with Crippen molar-refractivity contribution >= 4 is 28.0 Å². The third-order valence-corrected chi connectivity index (χ3v) is 4.99. The monoisotopic (exact) mass is 432 g/mol. The first kappa shape index (κ1) is 21.3. The lowest BCUT2D eigenvalue weighted by molar-refractivity contribution is -0.147. The molecule has 0 spiro atoms. The Balaban J connectivity index is 1.36. The molecule has 3 rings (SSSR count). The fourth-order valence-corrected chi connectivity index (χ4v) is 3.19. The number of ether oxygens (including phenoxy) is 3. The van der Waals surface area contributed by atoms with E-state index in [0.717, 1.165) is 11.0 Å². The average Bonchev–Trinajstić information content (AvgIpc) is 3.22. The highest BCUT2D eigenvalue weighted by atomic mass is 32.2. The minimum Gasteiger partial charge on any atom is -0.455 e. The van der Waals surface area contributed by atoms with Crippen molar-refractivity contribution in [1.82, 2.24) is 10.0 Å². The van der Waals surface area contributed by atoms with E-state index in [9.17, 15) is 18.0 Å². The Morgan fingerprint density at radius 3 is 2.63 bits per heavy atom. The van der Waals surface area contributed by atoms with Crippen molar-refractivity contribution in [2.24, 2.45) is 0 Å². The predicted octanol–water partition coefficient (Wildman–Crippen LogP) is 1.16. The van der Waals surface area contributed by atoms with Gasteiger partial charge in [-0.05, 0) is 29.3 Å². The molecule has 30 heavy (non-hydrogen) atoms. The molecule has 2 aromatic carbocycles. The van der Waals surface area contributed by atoms with Crippen LogP contribution < -0.4 is 19.5 Å². The van der Waals surface area contributed by atoms with Crippen LogP contribution in [0.25, 0.3) is 6.08 Å². The summed E-state index contributed by atoms with van der Waals surface area (Å²) in [6.45, 7) is -0.737. The maximum absolute atomic E-state index is 11.9. The smallest absolute Gasteiger partial charge is 0.321 e. The Morgan fingerprint density at radius 1 is 1.07 bits per heavy atom. The number of fused-ring (bicyclic) bond motifs is 1. The van der Waals surface area contributed by atoms with Crippen molar-refractivity contribution in [3.63, 3.8) is 0 Å². The lowest BCUT2D eigenvalue weighted by Crippen LogP contribution is -2.33. The molecule has 1 aliphatic heterocycles. The Kier molecular flexibility index (Phi) is 7.04.